The predicted octanol–water partition coefficient (Wildman–Crippen LogP) is 5.68. The summed E-state index contributed by atoms with van der Waals surface area (Å²) in [7, 11) is 1.56. The highest BCUT2D eigenvalue weighted by Gasteiger charge is 2.61. The summed E-state index contributed by atoms with van der Waals surface area (Å²) in [6.07, 6.45) is 0.151. The van der Waals surface area contributed by atoms with E-state index in [-0.39, 0.29) is 27.4 Å². The molecule has 0 radical (unpaired) electrons. The van der Waals surface area contributed by atoms with E-state index in [1.165, 1.54) is 4.90 Å². The van der Waals surface area contributed by atoms with Gasteiger partial charge in [-0.3, -0.25) is 0 Å². The van der Waals surface area contributed by atoms with E-state index in [2.05, 4.69) is 25.9 Å². The normalized spacial score (nSPS) is 24.0. The Kier molecular flexibility index (Phi) is 4.60. The van der Waals surface area contributed by atoms with E-state index < -0.39 is 27.8 Å². The molecule has 10 heteroatoms. The highest BCUT2D eigenvalue weighted by Crippen LogP contribution is 2.61. The maximum atomic E-state index is 14.7. The van der Waals surface area contributed by atoms with Gasteiger partial charge in [0, 0.05) is 17.8 Å². The molecule has 2 aliphatic carbocycles. The zero-order valence-electron chi connectivity index (χ0n) is 14.9. The second-order valence-electron chi connectivity index (χ2n) is 7.63. The molecule has 0 bridgehead atoms. The molecular formula is C18H17BrClF4N3O. The zero-order valence-corrected chi connectivity index (χ0v) is 17.2. The lowest BCUT2D eigenvalue weighted by atomic mass is 9.59. The standard InChI is InChI=1S/C18H17BrClF4N3O/c1-27(17(28)7-6-16(17)4-2-3-5-16)14-9-8-10(18(22,23)24)11(19)12(21)13(9)25-15(20)26-14/h8,28H,2-7H2,1H3. The summed E-state index contributed by atoms with van der Waals surface area (Å²) in [6, 6.07) is 0.800. The van der Waals surface area contributed by atoms with Crippen LogP contribution in [0.2, 0.25) is 5.28 Å². The lowest BCUT2D eigenvalue weighted by molar-refractivity contribution is -0.162. The summed E-state index contributed by atoms with van der Waals surface area (Å²) in [4.78, 5) is 9.31. The molecular weight excluding hydrogens is 466 g/mol. The summed E-state index contributed by atoms with van der Waals surface area (Å²) in [6.45, 7) is 0. The van der Waals surface area contributed by atoms with Crippen molar-refractivity contribution in [2.45, 2.75) is 50.4 Å². The van der Waals surface area contributed by atoms with E-state index in [1.54, 1.807) is 7.05 Å². The molecule has 28 heavy (non-hydrogen) atoms. The van der Waals surface area contributed by atoms with Gasteiger partial charge in [0.2, 0.25) is 5.28 Å². The molecule has 1 atom stereocenters. The van der Waals surface area contributed by atoms with Crippen molar-refractivity contribution in [3.8, 4) is 0 Å². The van der Waals surface area contributed by atoms with Gasteiger partial charge in [-0.2, -0.15) is 18.2 Å². The van der Waals surface area contributed by atoms with Crippen LogP contribution in [0.3, 0.4) is 0 Å². The number of fused-ring (bicyclic) bond motifs is 1. The van der Waals surface area contributed by atoms with Gasteiger partial charge >= 0.3 is 6.18 Å². The van der Waals surface area contributed by atoms with E-state index in [0.717, 1.165) is 38.2 Å². The first kappa shape index (κ1) is 20.1. The fourth-order valence-electron chi connectivity index (χ4n) is 4.73. The van der Waals surface area contributed by atoms with Gasteiger partial charge in [0.15, 0.2) is 5.82 Å². The number of aromatic nitrogens is 2. The number of aliphatic hydroxyl groups is 1. The van der Waals surface area contributed by atoms with Crippen molar-refractivity contribution in [3.63, 3.8) is 0 Å². The highest BCUT2D eigenvalue weighted by atomic mass is 79.9. The lowest BCUT2D eigenvalue weighted by Gasteiger charge is -2.59. The van der Waals surface area contributed by atoms with E-state index in [1.807, 2.05) is 0 Å². The van der Waals surface area contributed by atoms with E-state index in [0.29, 0.717) is 6.42 Å². The van der Waals surface area contributed by atoms with Crippen LogP contribution in [-0.4, -0.2) is 27.8 Å². The summed E-state index contributed by atoms with van der Waals surface area (Å²) in [5.74, 6) is -1.18. The third kappa shape index (κ3) is 2.73. The number of benzene rings is 1. The zero-order chi connectivity index (χ0) is 20.5. The lowest BCUT2D eigenvalue weighted by Crippen LogP contribution is -2.65. The SMILES string of the molecule is CN(c1nc(Cl)nc2c(F)c(Br)c(C(F)(F)F)cc12)C1(O)CCC12CCCC2. The Bertz CT molecular complexity index is 964. The molecule has 1 aromatic carbocycles. The quantitative estimate of drug-likeness (QED) is 0.340. The largest absolute Gasteiger partial charge is 0.417 e. The Morgan fingerprint density at radius 2 is 1.82 bits per heavy atom. The molecule has 1 spiro atoms. The molecule has 4 nitrogen and oxygen atoms in total. The monoisotopic (exact) mass is 481 g/mol. The average Bonchev–Trinajstić information content (AvgIpc) is 3.14. The third-order valence-electron chi connectivity index (χ3n) is 6.36. The van der Waals surface area contributed by atoms with Gasteiger partial charge in [0.1, 0.15) is 17.1 Å². The Balaban J connectivity index is 1.93. The van der Waals surface area contributed by atoms with Gasteiger partial charge in [-0.05, 0) is 59.3 Å². The second-order valence-corrected chi connectivity index (χ2v) is 8.76. The number of hydrogen-bond acceptors (Lipinski definition) is 4. The molecule has 0 amide bonds. The minimum atomic E-state index is -4.77. The molecule has 1 heterocycles. The van der Waals surface area contributed by atoms with Gasteiger partial charge in [-0.25, -0.2) is 9.37 Å². The van der Waals surface area contributed by atoms with Crippen LogP contribution in [0.25, 0.3) is 10.9 Å². The molecule has 0 saturated heterocycles. The first-order valence-electron chi connectivity index (χ1n) is 8.89. The smallest absolute Gasteiger partial charge is 0.370 e. The third-order valence-corrected chi connectivity index (χ3v) is 7.31. The molecule has 0 aliphatic heterocycles. The van der Waals surface area contributed by atoms with Crippen LogP contribution in [0, 0.1) is 11.2 Å². The first-order chi connectivity index (χ1) is 13.0. The molecule has 2 fully saturated rings. The van der Waals surface area contributed by atoms with Crippen LogP contribution in [0.1, 0.15) is 44.1 Å². The van der Waals surface area contributed by atoms with E-state index >= 15 is 0 Å². The number of alkyl halides is 3. The topological polar surface area (TPSA) is 49.2 Å². The minimum Gasteiger partial charge on any atom is -0.370 e. The maximum absolute atomic E-state index is 14.7. The van der Waals surface area contributed by atoms with Crippen LogP contribution in [0.15, 0.2) is 10.5 Å². The van der Waals surface area contributed by atoms with Crippen LogP contribution in [0.5, 0.6) is 0 Å². The van der Waals surface area contributed by atoms with Crippen molar-refractivity contribution in [1.82, 2.24) is 9.97 Å². The summed E-state index contributed by atoms with van der Waals surface area (Å²) in [5.41, 5.74) is -3.10. The molecule has 1 unspecified atom stereocenters. The highest BCUT2D eigenvalue weighted by molar-refractivity contribution is 9.10. The fourth-order valence-corrected chi connectivity index (χ4v) is 5.42. The maximum Gasteiger partial charge on any atom is 0.417 e. The molecule has 1 aromatic heterocycles. The molecule has 2 aliphatic rings. The van der Waals surface area contributed by atoms with Crippen LogP contribution >= 0.6 is 27.5 Å². The van der Waals surface area contributed by atoms with Gasteiger partial charge in [-0.1, -0.05) is 12.8 Å². The molecule has 4 rings (SSSR count). The number of halogens is 6. The van der Waals surface area contributed by atoms with Crippen LogP contribution in [-0.2, 0) is 6.18 Å². The number of rotatable bonds is 2. The molecule has 1 N–H and O–H groups in total. The van der Waals surface area contributed by atoms with Gasteiger partial charge in [0.25, 0.3) is 0 Å². The van der Waals surface area contributed by atoms with Gasteiger partial charge in [0.05, 0.1) is 10.0 Å². The van der Waals surface area contributed by atoms with Crippen molar-refractivity contribution >= 4 is 44.3 Å². The minimum absolute atomic E-state index is 0.0135. The van der Waals surface area contributed by atoms with Crippen LogP contribution in [0.4, 0.5) is 23.4 Å². The number of hydrogen-bond donors (Lipinski definition) is 1. The second kappa shape index (κ2) is 6.40. The Hall–Kier alpha value is -1.19. The fraction of sp³-hybridized carbons (Fsp3) is 0.556. The summed E-state index contributed by atoms with van der Waals surface area (Å²) >= 11 is 8.62. The first-order valence-corrected chi connectivity index (χ1v) is 10.1. The number of nitrogens with zero attached hydrogens (tertiary/aromatic N) is 3. The Morgan fingerprint density at radius 3 is 2.36 bits per heavy atom. The molecule has 2 saturated carbocycles. The molecule has 152 valence electrons. The van der Waals surface area contributed by atoms with Crippen molar-refractivity contribution in [2.75, 3.05) is 11.9 Å². The van der Waals surface area contributed by atoms with Crippen molar-refractivity contribution in [3.05, 3.63) is 27.2 Å². The van der Waals surface area contributed by atoms with Gasteiger partial charge < -0.3 is 10.0 Å². The average molecular weight is 483 g/mol. The summed E-state index contributed by atoms with van der Waals surface area (Å²) < 4.78 is 54.2. The van der Waals surface area contributed by atoms with Crippen LogP contribution < -0.4 is 4.90 Å². The van der Waals surface area contributed by atoms with Crippen molar-refractivity contribution in [2.24, 2.45) is 5.41 Å². The van der Waals surface area contributed by atoms with E-state index in [4.69, 9.17) is 11.6 Å². The Labute approximate surface area is 172 Å². The predicted molar refractivity (Wildman–Crippen MR) is 101 cm³/mol. The van der Waals surface area contributed by atoms with Crippen molar-refractivity contribution < 1.29 is 22.7 Å². The molecule has 2 aromatic rings. The van der Waals surface area contributed by atoms with E-state index in [9.17, 15) is 22.7 Å². The van der Waals surface area contributed by atoms with Gasteiger partial charge in [-0.15, -0.1) is 0 Å². The number of anilines is 1. The summed E-state index contributed by atoms with van der Waals surface area (Å²) in [5, 5.41) is 10.9. The van der Waals surface area contributed by atoms with Crippen molar-refractivity contribution in [1.29, 1.82) is 0 Å². The Morgan fingerprint density at radius 1 is 1.18 bits per heavy atom.